The summed E-state index contributed by atoms with van der Waals surface area (Å²) in [5.41, 5.74) is 0. The van der Waals surface area contributed by atoms with Crippen LogP contribution in [0.1, 0.15) is 136 Å². The molecule has 0 aliphatic heterocycles. The second-order valence-electron chi connectivity index (χ2n) is 8.49. The summed E-state index contributed by atoms with van der Waals surface area (Å²) < 4.78 is 33.1. The first-order chi connectivity index (χ1) is 13.4. The first kappa shape index (κ1) is 32.1. The van der Waals surface area contributed by atoms with Crippen LogP contribution in [-0.2, 0) is 10.1 Å². The minimum absolute atomic E-state index is 0. The molecule has 0 heterocycles. The number of aliphatic hydroxyl groups is 1. The topological polar surface area (TPSA) is 77.4 Å². The summed E-state index contributed by atoms with van der Waals surface area (Å²) >= 11 is 0. The van der Waals surface area contributed by atoms with Crippen molar-refractivity contribution >= 4 is 10.1 Å². The Hall–Kier alpha value is 0.870. The van der Waals surface area contributed by atoms with Gasteiger partial charge in [-0.2, -0.15) is 0 Å². The summed E-state index contributed by atoms with van der Waals surface area (Å²) in [5, 5.41) is 9.12. The van der Waals surface area contributed by atoms with Crippen molar-refractivity contribution in [2.75, 3.05) is 0 Å². The van der Waals surface area contributed by atoms with Crippen LogP contribution in [-0.4, -0.2) is 29.4 Å². The zero-order chi connectivity index (χ0) is 21.1. The minimum atomic E-state index is -4.22. The second kappa shape index (κ2) is 22.1. The Labute approximate surface area is 204 Å². The second-order valence-corrected chi connectivity index (χ2v) is 10.1. The summed E-state index contributed by atoms with van der Waals surface area (Å²) in [4.78, 5) is 0. The number of rotatable bonds is 21. The van der Waals surface area contributed by atoms with E-state index in [1.807, 2.05) is 0 Å². The summed E-state index contributed by atoms with van der Waals surface area (Å²) in [7, 11) is -4.22. The van der Waals surface area contributed by atoms with E-state index in [0.717, 1.165) is 12.8 Å². The van der Waals surface area contributed by atoms with Crippen LogP contribution in [0, 0.1) is 0 Å². The van der Waals surface area contributed by atoms with Crippen LogP contribution in [0.2, 0.25) is 0 Å². The minimum Gasteiger partial charge on any atom is -0.748 e. The Morgan fingerprint density at radius 2 is 1.03 bits per heavy atom. The molecule has 0 saturated heterocycles. The van der Waals surface area contributed by atoms with Gasteiger partial charge in [0.05, 0.1) is 16.2 Å². The van der Waals surface area contributed by atoms with Crippen molar-refractivity contribution in [1.29, 1.82) is 0 Å². The number of hydrogen-bond acceptors (Lipinski definition) is 4. The Morgan fingerprint density at radius 3 is 1.38 bits per heavy atom. The summed E-state index contributed by atoms with van der Waals surface area (Å²) in [6.45, 7) is 3.97. The summed E-state index contributed by atoms with van der Waals surface area (Å²) in [6, 6.07) is 0. The van der Waals surface area contributed by atoms with Crippen molar-refractivity contribution in [2.45, 2.75) is 147 Å². The van der Waals surface area contributed by atoms with Gasteiger partial charge in [-0.05, 0) is 25.7 Å². The third kappa shape index (κ3) is 21.9. The first-order valence-corrected chi connectivity index (χ1v) is 13.5. The van der Waals surface area contributed by atoms with Gasteiger partial charge in [0.1, 0.15) is 0 Å². The van der Waals surface area contributed by atoms with Gasteiger partial charge in [-0.1, -0.05) is 110 Å². The molecule has 0 rings (SSSR count). The molecule has 0 aromatic carbocycles. The summed E-state index contributed by atoms with van der Waals surface area (Å²) in [6.07, 6.45) is 21.1. The molecule has 6 heteroatoms. The molecule has 0 aromatic heterocycles. The normalized spacial score (nSPS) is 13.8. The van der Waals surface area contributed by atoms with Crippen molar-refractivity contribution in [1.82, 2.24) is 0 Å². The molecule has 170 valence electrons. The van der Waals surface area contributed by atoms with Gasteiger partial charge in [-0.3, -0.25) is 0 Å². The molecule has 0 bridgehead atoms. The maximum absolute atomic E-state index is 11.0. The standard InChI is InChI=1S/C23H48O4S.Na/c1-3-5-6-7-8-9-10-11-12-13-14-15-16-17-18-19-22(24)20-21-23(4-2)28(25,26)27;/h22-24H,3-21H2,1-2H3,(H,25,26,27);/q;+1/p-1. The SMILES string of the molecule is CCCCCCCCCCCCCCCCCC(O)CCC(CC)S(=O)(=O)[O-].[Na+]. The Bertz CT molecular complexity index is 429. The zero-order valence-electron chi connectivity index (χ0n) is 19.7. The first-order valence-electron chi connectivity index (χ1n) is 12.0. The van der Waals surface area contributed by atoms with Crippen molar-refractivity contribution in [3.8, 4) is 0 Å². The molecule has 1 N–H and O–H groups in total. The van der Waals surface area contributed by atoms with Gasteiger partial charge in [0.2, 0.25) is 0 Å². The zero-order valence-corrected chi connectivity index (χ0v) is 22.5. The van der Waals surface area contributed by atoms with Crippen LogP contribution in [0.5, 0.6) is 0 Å². The quantitative estimate of drug-likeness (QED) is 0.167. The molecule has 0 amide bonds. The fourth-order valence-electron chi connectivity index (χ4n) is 3.83. The summed E-state index contributed by atoms with van der Waals surface area (Å²) in [5.74, 6) is 0. The number of hydrogen-bond donors (Lipinski definition) is 1. The molecule has 0 aromatic rings. The third-order valence-corrected chi connectivity index (χ3v) is 7.21. The average molecular weight is 443 g/mol. The molecule has 0 fully saturated rings. The van der Waals surface area contributed by atoms with Gasteiger partial charge >= 0.3 is 29.6 Å². The molecule has 0 aliphatic rings. The van der Waals surface area contributed by atoms with Crippen molar-refractivity contribution in [3.05, 3.63) is 0 Å². The Balaban J connectivity index is 0. The maximum atomic E-state index is 11.0. The average Bonchev–Trinajstić information content (AvgIpc) is 2.64. The maximum Gasteiger partial charge on any atom is 1.00 e. The van der Waals surface area contributed by atoms with Crippen LogP contribution < -0.4 is 29.6 Å². The molecule has 29 heavy (non-hydrogen) atoms. The van der Waals surface area contributed by atoms with Gasteiger partial charge in [0.15, 0.2) is 0 Å². The molecular formula is C23H47NaO4S. The van der Waals surface area contributed by atoms with E-state index >= 15 is 0 Å². The van der Waals surface area contributed by atoms with Crippen LogP contribution in [0.3, 0.4) is 0 Å². The van der Waals surface area contributed by atoms with E-state index in [-0.39, 0.29) is 36.0 Å². The Morgan fingerprint density at radius 1 is 0.655 bits per heavy atom. The molecule has 0 saturated carbocycles. The molecule has 2 atom stereocenters. The van der Waals surface area contributed by atoms with Crippen LogP contribution in [0.15, 0.2) is 0 Å². The fraction of sp³-hybridized carbons (Fsp3) is 1.00. The molecule has 0 spiro atoms. The van der Waals surface area contributed by atoms with Gasteiger partial charge < -0.3 is 9.66 Å². The molecule has 2 unspecified atom stereocenters. The monoisotopic (exact) mass is 442 g/mol. The van der Waals surface area contributed by atoms with Crippen LogP contribution in [0.25, 0.3) is 0 Å². The van der Waals surface area contributed by atoms with E-state index in [1.165, 1.54) is 83.5 Å². The van der Waals surface area contributed by atoms with Crippen LogP contribution >= 0.6 is 0 Å². The molecule has 4 nitrogen and oxygen atoms in total. The van der Waals surface area contributed by atoms with Crippen LogP contribution in [0.4, 0.5) is 0 Å². The van der Waals surface area contributed by atoms with Gasteiger partial charge in [0.25, 0.3) is 0 Å². The smallest absolute Gasteiger partial charge is 0.748 e. The van der Waals surface area contributed by atoms with Gasteiger partial charge in [0, 0.05) is 5.25 Å². The number of unbranched alkanes of at least 4 members (excludes halogenated alkanes) is 14. The predicted octanol–water partition coefficient (Wildman–Crippen LogP) is 3.72. The van der Waals surface area contributed by atoms with E-state index < -0.39 is 21.5 Å². The van der Waals surface area contributed by atoms with Gasteiger partial charge in [-0.15, -0.1) is 0 Å². The van der Waals surface area contributed by atoms with E-state index in [1.54, 1.807) is 6.92 Å². The molecule has 0 aliphatic carbocycles. The van der Waals surface area contributed by atoms with E-state index in [0.29, 0.717) is 19.3 Å². The largest absolute Gasteiger partial charge is 1.00 e. The molecule has 0 radical (unpaired) electrons. The third-order valence-electron chi connectivity index (χ3n) is 5.83. The number of aliphatic hydroxyl groups excluding tert-OH is 1. The van der Waals surface area contributed by atoms with E-state index in [4.69, 9.17) is 0 Å². The predicted molar refractivity (Wildman–Crippen MR) is 119 cm³/mol. The fourth-order valence-corrected chi connectivity index (χ4v) is 4.66. The van der Waals surface area contributed by atoms with Crippen molar-refractivity contribution in [3.63, 3.8) is 0 Å². The van der Waals surface area contributed by atoms with Crippen molar-refractivity contribution in [2.24, 2.45) is 0 Å². The Kier molecular flexibility index (Phi) is 24.4. The van der Waals surface area contributed by atoms with E-state index in [9.17, 15) is 18.1 Å². The van der Waals surface area contributed by atoms with E-state index in [2.05, 4.69) is 6.92 Å². The van der Waals surface area contributed by atoms with Crippen molar-refractivity contribution < 1.29 is 47.6 Å². The van der Waals surface area contributed by atoms with Gasteiger partial charge in [-0.25, -0.2) is 8.42 Å². The molecular weight excluding hydrogens is 395 g/mol.